The Balaban J connectivity index is 1.53. The van der Waals surface area contributed by atoms with Crippen molar-refractivity contribution in [3.63, 3.8) is 0 Å². The molecule has 1 fully saturated rings. The summed E-state index contributed by atoms with van der Waals surface area (Å²) in [6.07, 6.45) is 3.82. The monoisotopic (exact) mass is 409 g/mol. The molecule has 0 aliphatic carbocycles. The molecule has 0 spiro atoms. The predicted octanol–water partition coefficient (Wildman–Crippen LogP) is 1.93. The zero-order valence-electron chi connectivity index (χ0n) is 17.1. The van der Waals surface area contributed by atoms with Crippen LogP contribution in [0.5, 0.6) is 0 Å². The first kappa shape index (κ1) is 20.1. The number of anilines is 2. The molecule has 2 aliphatic rings. The van der Waals surface area contributed by atoms with Crippen molar-refractivity contribution in [1.29, 1.82) is 0 Å². The highest BCUT2D eigenvalue weighted by atomic mass is 16.2. The Hall–Kier alpha value is -3.16. The van der Waals surface area contributed by atoms with Gasteiger partial charge in [0.05, 0.1) is 11.5 Å². The van der Waals surface area contributed by atoms with Crippen molar-refractivity contribution in [1.82, 2.24) is 15.3 Å². The maximum absolute atomic E-state index is 12.9. The fourth-order valence-corrected chi connectivity index (χ4v) is 4.23. The maximum atomic E-state index is 12.9. The van der Waals surface area contributed by atoms with E-state index in [1.807, 2.05) is 30.3 Å². The van der Waals surface area contributed by atoms with Crippen LogP contribution in [-0.4, -0.2) is 40.9 Å². The second-order valence-electron chi connectivity index (χ2n) is 8.02. The first-order chi connectivity index (χ1) is 14.5. The molecule has 3 N–H and O–H groups in total. The van der Waals surface area contributed by atoms with Gasteiger partial charge in [-0.15, -0.1) is 0 Å². The smallest absolute Gasteiger partial charge is 0.258 e. The van der Waals surface area contributed by atoms with Crippen LogP contribution in [0.15, 0.2) is 35.1 Å². The minimum atomic E-state index is -0.839. The van der Waals surface area contributed by atoms with Crippen molar-refractivity contribution >= 4 is 23.6 Å². The Labute approximate surface area is 175 Å². The molecule has 158 valence electrons. The van der Waals surface area contributed by atoms with E-state index in [9.17, 15) is 14.4 Å². The average molecular weight is 409 g/mol. The summed E-state index contributed by atoms with van der Waals surface area (Å²) in [5.74, 6) is -0.814. The van der Waals surface area contributed by atoms with Gasteiger partial charge in [0.1, 0.15) is 5.82 Å². The summed E-state index contributed by atoms with van der Waals surface area (Å²) in [4.78, 5) is 47.4. The van der Waals surface area contributed by atoms with Gasteiger partial charge in [-0.2, -0.15) is 4.98 Å². The van der Waals surface area contributed by atoms with Crippen molar-refractivity contribution in [3.05, 3.63) is 51.8 Å². The third-order valence-electron chi connectivity index (χ3n) is 5.89. The minimum Gasteiger partial charge on any atom is -0.355 e. The van der Waals surface area contributed by atoms with Crippen LogP contribution in [0.3, 0.4) is 0 Å². The number of hydrogen-bond acceptors (Lipinski definition) is 5. The molecule has 2 amide bonds. The fraction of sp³-hybridized carbons (Fsp3) is 0.455. The molecular formula is C22H27N5O3. The van der Waals surface area contributed by atoms with E-state index < -0.39 is 5.92 Å². The van der Waals surface area contributed by atoms with E-state index >= 15 is 0 Å². The van der Waals surface area contributed by atoms with Gasteiger partial charge in [-0.05, 0) is 38.2 Å². The molecule has 4 rings (SSSR count). The molecule has 2 aromatic rings. The summed E-state index contributed by atoms with van der Waals surface area (Å²) in [5.41, 5.74) is 0.982. The number of carbonyl (C=O) groups excluding carboxylic acids is 2. The largest absolute Gasteiger partial charge is 0.355 e. The number of carbonyl (C=O) groups is 2. The van der Waals surface area contributed by atoms with Crippen molar-refractivity contribution in [3.8, 4) is 0 Å². The molecule has 0 radical (unpaired) electrons. The Morgan fingerprint density at radius 2 is 2.03 bits per heavy atom. The molecule has 2 atom stereocenters. The standard InChI is InChI=1S/C22H27N5O3/c1-14-7-5-6-12-27(14)22-25-19-18(21(30)26-22)16(13-17(28)24-19)20(29)23-11-10-15-8-3-2-4-9-15/h2-4,8-9,14,16H,5-7,10-13H2,1H3,(H,23,29)(H2,24,25,26,28,30)/t14-,16-/m0/s1. The SMILES string of the molecule is C[C@H]1CCCCN1c1nc2c(c(=O)[nH]1)[C@@H](C(=O)NCCc1ccccc1)CC(=O)N2. The molecular weight excluding hydrogens is 382 g/mol. The molecule has 8 nitrogen and oxygen atoms in total. The molecule has 1 aromatic carbocycles. The van der Waals surface area contributed by atoms with E-state index in [-0.39, 0.29) is 41.2 Å². The number of nitrogens with zero attached hydrogens (tertiary/aromatic N) is 2. The van der Waals surface area contributed by atoms with Gasteiger partial charge in [0.15, 0.2) is 0 Å². The quantitative estimate of drug-likeness (QED) is 0.700. The van der Waals surface area contributed by atoms with Crippen LogP contribution < -0.4 is 21.1 Å². The van der Waals surface area contributed by atoms with Crippen LogP contribution in [0, 0.1) is 0 Å². The molecule has 3 heterocycles. The van der Waals surface area contributed by atoms with Crippen molar-refractivity contribution in [2.45, 2.75) is 51.0 Å². The number of aromatic amines is 1. The Morgan fingerprint density at radius 1 is 1.23 bits per heavy atom. The van der Waals surface area contributed by atoms with Crippen LogP contribution in [0.1, 0.15) is 49.7 Å². The second-order valence-corrected chi connectivity index (χ2v) is 8.02. The van der Waals surface area contributed by atoms with Gasteiger partial charge >= 0.3 is 0 Å². The molecule has 1 aromatic heterocycles. The maximum Gasteiger partial charge on any atom is 0.258 e. The van der Waals surface area contributed by atoms with Gasteiger partial charge in [-0.25, -0.2) is 0 Å². The highest BCUT2D eigenvalue weighted by molar-refractivity contribution is 6.00. The van der Waals surface area contributed by atoms with E-state index in [1.165, 1.54) is 0 Å². The minimum absolute atomic E-state index is 0.0611. The first-order valence-electron chi connectivity index (χ1n) is 10.6. The number of amides is 2. The lowest BCUT2D eigenvalue weighted by atomic mass is 9.92. The second kappa shape index (κ2) is 8.69. The number of aromatic nitrogens is 2. The van der Waals surface area contributed by atoms with E-state index in [1.54, 1.807) is 0 Å². The van der Waals surface area contributed by atoms with Crippen molar-refractivity contribution < 1.29 is 9.59 Å². The van der Waals surface area contributed by atoms with Crippen LogP contribution >= 0.6 is 0 Å². The molecule has 1 saturated heterocycles. The van der Waals surface area contributed by atoms with Crippen molar-refractivity contribution in [2.24, 2.45) is 0 Å². The molecule has 0 bridgehead atoms. The fourth-order valence-electron chi connectivity index (χ4n) is 4.23. The molecule has 30 heavy (non-hydrogen) atoms. The topological polar surface area (TPSA) is 107 Å². The predicted molar refractivity (Wildman–Crippen MR) is 115 cm³/mol. The molecule has 2 aliphatic heterocycles. The van der Waals surface area contributed by atoms with Crippen LogP contribution in [-0.2, 0) is 16.0 Å². The number of piperidine rings is 1. The van der Waals surface area contributed by atoms with Gasteiger partial charge in [0.2, 0.25) is 17.8 Å². The van der Waals surface area contributed by atoms with Crippen LogP contribution in [0.25, 0.3) is 0 Å². The third kappa shape index (κ3) is 4.22. The molecule has 8 heteroatoms. The normalized spacial score (nSPS) is 21.0. The van der Waals surface area contributed by atoms with Gasteiger partial charge < -0.3 is 15.5 Å². The average Bonchev–Trinajstić information content (AvgIpc) is 2.73. The first-order valence-corrected chi connectivity index (χ1v) is 10.6. The van der Waals surface area contributed by atoms with Gasteiger partial charge in [-0.1, -0.05) is 30.3 Å². The highest BCUT2D eigenvalue weighted by Crippen LogP contribution is 2.30. The van der Waals surface area contributed by atoms with E-state index in [0.717, 1.165) is 31.4 Å². The number of fused-ring (bicyclic) bond motifs is 1. The molecule has 0 saturated carbocycles. The van der Waals surface area contributed by atoms with Gasteiger partial charge in [0, 0.05) is 25.6 Å². The number of H-pyrrole nitrogens is 1. The van der Waals surface area contributed by atoms with E-state index in [0.29, 0.717) is 18.9 Å². The van der Waals surface area contributed by atoms with Gasteiger partial charge in [0.25, 0.3) is 5.56 Å². The molecule has 0 unspecified atom stereocenters. The summed E-state index contributed by atoms with van der Waals surface area (Å²) in [5, 5.41) is 5.55. The zero-order valence-corrected chi connectivity index (χ0v) is 17.1. The Kier molecular flexibility index (Phi) is 5.83. The Bertz CT molecular complexity index is 988. The summed E-state index contributed by atoms with van der Waals surface area (Å²) >= 11 is 0. The summed E-state index contributed by atoms with van der Waals surface area (Å²) < 4.78 is 0. The van der Waals surface area contributed by atoms with E-state index in [2.05, 4.69) is 32.4 Å². The highest BCUT2D eigenvalue weighted by Gasteiger charge is 2.35. The summed E-state index contributed by atoms with van der Waals surface area (Å²) in [7, 11) is 0. The zero-order chi connectivity index (χ0) is 21.1. The summed E-state index contributed by atoms with van der Waals surface area (Å²) in [6.45, 7) is 3.34. The van der Waals surface area contributed by atoms with Crippen LogP contribution in [0.2, 0.25) is 0 Å². The Morgan fingerprint density at radius 3 is 2.80 bits per heavy atom. The number of hydrogen-bond donors (Lipinski definition) is 3. The number of benzene rings is 1. The lowest BCUT2D eigenvalue weighted by Crippen LogP contribution is -2.42. The number of nitrogens with one attached hydrogen (secondary N) is 3. The van der Waals surface area contributed by atoms with E-state index in [4.69, 9.17) is 0 Å². The lowest BCUT2D eigenvalue weighted by molar-refractivity contribution is -0.126. The third-order valence-corrected chi connectivity index (χ3v) is 5.89. The number of rotatable bonds is 5. The summed E-state index contributed by atoms with van der Waals surface area (Å²) in [6, 6.07) is 10.1. The van der Waals surface area contributed by atoms with Crippen molar-refractivity contribution in [2.75, 3.05) is 23.3 Å². The lowest BCUT2D eigenvalue weighted by Gasteiger charge is -2.34. The van der Waals surface area contributed by atoms with Gasteiger partial charge in [-0.3, -0.25) is 19.4 Å². The van der Waals surface area contributed by atoms with Crippen LogP contribution in [0.4, 0.5) is 11.8 Å².